The van der Waals surface area contributed by atoms with Gasteiger partial charge >= 0.3 is 14.2 Å². The average molecular weight is 2070 g/mol. The van der Waals surface area contributed by atoms with Crippen LogP contribution in [0, 0.1) is 47.6 Å². The van der Waals surface area contributed by atoms with E-state index in [2.05, 4.69) is 96.9 Å². The van der Waals surface area contributed by atoms with Crippen molar-refractivity contribution in [2.45, 2.75) is 35.5 Å². The quantitative estimate of drug-likeness (QED) is 0.0408. The summed E-state index contributed by atoms with van der Waals surface area (Å²) in [6, 6.07) is 50.3. The molecule has 0 radical (unpaired) electrons. The summed E-state index contributed by atoms with van der Waals surface area (Å²) >= 11 is 36.7. The molecule has 0 bridgehead atoms. The van der Waals surface area contributed by atoms with Crippen LogP contribution in [0.15, 0.2) is 294 Å². The molecular formula is C85H59B2Br2Cl4F4IN8O10S6. The summed E-state index contributed by atoms with van der Waals surface area (Å²) in [4.78, 5) is 21.2. The number of fused-ring (bicyclic) bond motifs is 4. The Morgan fingerprint density at radius 2 is 0.746 bits per heavy atom. The zero-order valence-corrected chi connectivity index (χ0v) is 76.4. The molecule has 618 valence electrons. The van der Waals surface area contributed by atoms with E-state index < -0.39 is 67.6 Å². The highest BCUT2D eigenvalue weighted by Crippen LogP contribution is 2.40. The summed E-state index contributed by atoms with van der Waals surface area (Å²) in [7, 11) is -14.3. The maximum Gasteiger partial charge on any atom is 0.489 e. The summed E-state index contributed by atoms with van der Waals surface area (Å²) in [5.41, 5.74) is 13.7. The molecule has 0 amide bonds. The van der Waals surface area contributed by atoms with Crippen molar-refractivity contribution in [2.75, 3.05) is 0 Å². The highest BCUT2D eigenvalue weighted by Gasteiger charge is 2.28. The SMILES string of the molecule is Cc1ccc(S(=O)(=O)n2cc(-c3ccc(F)c(Cl)c3)c3cc(-c4ccsc4)cnc32)cc1.Cc1ccc(S(=O)(=O)n2cc(-c3ccc(F)c(Cl)c3)c3cc(Br)cnc32)cc1.Cc1ccc(S(=O)(=O)n2cc(I)c3cc(Br)cnc32)cc1.Fc1ccc(-c2c[nH]c3ncc(-c4ccsc4)cc23)cc1Cl.OB(O)c1ccc(F)c(Cl)c1.OB(O)c1ccsc1. The highest BCUT2D eigenvalue weighted by molar-refractivity contribution is 14.1. The van der Waals surface area contributed by atoms with Crippen LogP contribution in [0.1, 0.15) is 16.7 Å². The Hall–Kier alpha value is -9.21. The molecule has 18 rings (SSSR count). The Kier molecular flexibility index (Phi) is 28.9. The fourth-order valence-corrected chi connectivity index (χ4v) is 20.4. The van der Waals surface area contributed by atoms with Gasteiger partial charge in [0.05, 0.1) is 34.8 Å². The van der Waals surface area contributed by atoms with Gasteiger partial charge in [-0.2, -0.15) is 34.0 Å². The first-order chi connectivity index (χ1) is 58.1. The van der Waals surface area contributed by atoms with E-state index in [-0.39, 0.29) is 45.9 Å². The molecule has 0 aliphatic rings. The first-order valence-corrected chi connectivity index (χ1v) is 47.0. The van der Waals surface area contributed by atoms with E-state index in [1.807, 2.05) is 67.5 Å². The second kappa shape index (κ2) is 38.9. The Labute approximate surface area is 759 Å². The van der Waals surface area contributed by atoms with Crippen molar-refractivity contribution >= 4 is 234 Å². The van der Waals surface area contributed by atoms with Crippen LogP contribution < -0.4 is 10.9 Å². The third-order valence-corrected chi connectivity index (χ3v) is 28.4. The lowest BCUT2D eigenvalue weighted by atomic mass is 9.80. The first kappa shape index (κ1) is 90.5. The van der Waals surface area contributed by atoms with E-state index in [4.69, 9.17) is 66.5 Å². The number of aromatic nitrogens is 8. The number of hydrogen-bond donors (Lipinski definition) is 5. The number of benzene rings is 7. The molecule has 0 aliphatic carbocycles. The van der Waals surface area contributed by atoms with Gasteiger partial charge in [0.2, 0.25) is 0 Å². The van der Waals surface area contributed by atoms with Gasteiger partial charge in [0.1, 0.15) is 28.9 Å². The molecule has 11 aromatic heterocycles. The Bertz CT molecular complexity index is 7240. The summed E-state index contributed by atoms with van der Waals surface area (Å²) in [6.45, 7) is 5.70. The number of halogens is 11. The third-order valence-electron chi connectivity index (χ3n) is 18.5. The predicted molar refractivity (Wildman–Crippen MR) is 498 cm³/mol. The summed E-state index contributed by atoms with van der Waals surface area (Å²) < 4.78 is 138. The largest absolute Gasteiger partial charge is 0.489 e. The van der Waals surface area contributed by atoms with Crippen LogP contribution in [-0.2, 0) is 30.1 Å². The number of nitrogens with one attached hydrogen (secondary N) is 1. The van der Waals surface area contributed by atoms with Gasteiger partial charge in [0.25, 0.3) is 30.1 Å². The number of nitrogens with zero attached hydrogens (tertiary/aromatic N) is 7. The van der Waals surface area contributed by atoms with Gasteiger partial charge in [-0.15, -0.1) is 0 Å². The van der Waals surface area contributed by atoms with Crippen LogP contribution in [0.3, 0.4) is 0 Å². The summed E-state index contributed by atoms with van der Waals surface area (Å²) in [5, 5.41) is 48.7. The first-order valence-electron chi connectivity index (χ1n) is 35.7. The minimum Gasteiger partial charge on any atom is -0.423 e. The maximum atomic E-state index is 13.8. The minimum atomic E-state index is -3.91. The molecule has 0 saturated carbocycles. The van der Waals surface area contributed by atoms with E-state index in [0.29, 0.717) is 54.3 Å². The Morgan fingerprint density at radius 3 is 1.14 bits per heavy atom. The van der Waals surface area contributed by atoms with E-state index in [1.54, 1.807) is 161 Å². The molecule has 122 heavy (non-hydrogen) atoms. The Morgan fingerprint density at radius 1 is 0.385 bits per heavy atom. The standard InChI is InChI=1S/C24H16ClFN2O2S2.C20H13BrClFN2O2S.C17H10ClFN2S.C14H10BrIN2O2S.C6H5BClFO2.C4H5BO2S/c1-15-2-5-19(6-3-15)32(29,30)28-13-21(16-4-7-23(26)22(25)11-16)20-10-18(12-27-24(20)28)17-8-9-31-14-17;1-12-2-5-15(6-3-12)28(26,27)25-11-17(13-4-7-19(23)18(22)8-13)16-9-14(21)10-24-20(16)25;18-15-6-10(1-2-16(15)19)14-8-21-17-13(14)5-12(7-20-17)11-3-4-22-9-11;1-9-2-4-11(5-3-9)21(19,20)18-8-13(16)12-6-10(15)7-17-14(12)18;8-5-3-4(7(10)11)1-2-6(5)9;6-5(7)4-1-2-8-3-4/h2-14H,1H3;2-11H,1H3;1-9H,(H,20,21);2-8H,1H3;1-3,10-11H;1-3,6-7H. The van der Waals surface area contributed by atoms with Crippen molar-refractivity contribution in [3.05, 3.63) is 342 Å². The van der Waals surface area contributed by atoms with Crippen LogP contribution in [0.4, 0.5) is 17.6 Å². The predicted octanol–water partition coefficient (Wildman–Crippen LogP) is 21.9. The fourth-order valence-electron chi connectivity index (χ4n) is 12.1. The lowest BCUT2D eigenvalue weighted by Crippen LogP contribution is -2.29. The molecule has 0 unspecified atom stereocenters. The number of hydrogen-bond acceptors (Lipinski definition) is 17. The number of pyridine rings is 4. The van der Waals surface area contributed by atoms with Gasteiger partial charge in [0.15, 0.2) is 16.9 Å². The normalized spacial score (nSPS) is 11.4. The Balaban J connectivity index is 0.000000132. The zero-order chi connectivity index (χ0) is 87.2. The van der Waals surface area contributed by atoms with Gasteiger partial charge in [-0.3, -0.25) is 0 Å². The molecule has 0 fully saturated rings. The smallest absolute Gasteiger partial charge is 0.423 e. The molecule has 0 aliphatic heterocycles. The van der Waals surface area contributed by atoms with Gasteiger partial charge in [0, 0.05) is 111 Å². The molecule has 0 saturated heterocycles. The van der Waals surface area contributed by atoms with Crippen molar-refractivity contribution in [3.8, 4) is 55.6 Å². The van der Waals surface area contributed by atoms with Crippen LogP contribution in [-0.4, -0.2) is 96.4 Å². The van der Waals surface area contributed by atoms with E-state index in [9.17, 15) is 42.8 Å². The van der Waals surface area contributed by atoms with E-state index in [0.717, 1.165) is 84.6 Å². The topological polar surface area (TPSA) is 265 Å². The fraction of sp³-hybridized carbons (Fsp3) is 0.0353. The molecule has 37 heteroatoms. The van der Waals surface area contributed by atoms with E-state index >= 15 is 0 Å². The molecular weight excluding hydrogens is 2010 g/mol. The van der Waals surface area contributed by atoms with Crippen LogP contribution >= 0.6 is 135 Å². The molecule has 18 aromatic rings. The molecule has 18 nitrogen and oxygen atoms in total. The average Bonchev–Trinajstić information content (AvgIpc) is 1.58. The summed E-state index contributed by atoms with van der Waals surface area (Å²) in [6.07, 6.45) is 13.1. The monoisotopic (exact) mass is 2070 g/mol. The van der Waals surface area contributed by atoms with Gasteiger partial charge < -0.3 is 25.1 Å². The molecule has 7 aromatic carbocycles. The molecule has 0 spiro atoms. The third kappa shape index (κ3) is 20.6. The van der Waals surface area contributed by atoms with Crippen molar-refractivity contribution in [2.24, 2.45) is 0 Å². The lowest BCUT2D eigenvalue weighted by molar-refractivity contribution is 0.424. The van der Waals surface area contributed by atoms with Crippen molar-refractivity contribution in [1.82, 2.24) is 36.8 Å². The van der Waals surface area contributed by atoms with Gasteiger partial charge in [-0.25, -0.2) is 74.7 Å². The van der Waals surface area contributed by atoms with E-state index in [1.165, 1.54) is 80.3 Å². The number of aromatic amines is 1. The van der Waals surface area contributed by atoms with Crippen LogP contribution in [0.5, 0.6) is 0 Å². The van der Waals surface area contributed by atoms with Crippen LogP contribution in [0.2, 0.25) is 20.1 Å². The molecule has 0 atom stereocenters. The maximum absolute atomic E-state index is 13.8. The van der Waals surface area contributed by atoms with Crippen molar-refractivity contribution in [3.63, 3.8) is 0 Å². The number of rotatable bonds is 13. The van der Waals surface area contributed by atoms with Crippen molar-refractivity contribution in [1.29, 1.82) is 0 Å². The molecule has 5 N–H and O–H groups in total. The highest BCUT2D eigenvalue weighted by atomic mass is 127. The summed E-state index contributed by atoms with van der Waals surface area (Å²) in [5.74, 6) is -2.07. The molecule has 11 heterocycles. The second-order valence-electron chi connectivity index (χ2n) is 26.8. The number of aryl methyl sites for hydroxylation is 3. The minimum absolute atomic E-state index is 0.0354. The van der Waals surface area contributed by atoms with Crippen LogP contribution in [0.25, 0.3) is 99.8 Å². The van der Waals surface area contributed by atoms with Crippen molar-refractivity contribution < 1.29 is 62.9 Å². The zero-order valence-electron chi connectivity index (χ0n) is 63.1. The van der Waals surface area contributed by atoms with Gasteiger partial charge in [-0.05, 0) is 268 Å². The lowest BCUT2D eigenvalue weighted by Gasteiger charge is -2.07. The number of thiophene rings is 3. The second-order valence-corrected chi connectivity index (χ2v) is 39.2. The number of H-pyrrole nitrogens is 1. The van der Waals surface area contributed by atoms with Gasteiger partial charge in [-0.1, -0.05) is 130 Å².